The monoisotopic (exact) mass is 449 g/mol. The van der Waals surface area contributed by atoms with Gasteiger partial charge in [-0.25, -0.2) is 0 Å². The van der Waals surface area contributed by atoms with Crippen LogP contribution in [0.2, 0.25) is 0 Å². The molecule has 0 aromatic heterocycles. The van der Waals surface area contributed by atoms with Crippen LogP contribution in [-0.2, 0) is 4.74 Å². The number of benzene rings is 1. The van der Waals surface area contributed by atoms with Crippen LogP contribution in [0.4, 0.5) is 0 Å². The van der Waals surface area contributed by atoms with Gasteiger partial charge in [0.1, 0.15) is 12.4 Å². The molecule has 0 fully saturated rings. The minimum absolute atomic E-state index is 0. The van der Waals surface area contributed by atoms with Gasteiger partial charge in [-0.15, -0.1) is 24.0 Å². The molecular formula is C18H32IN3O2. The third kappa shape index (κ3) is 10.7. The highest BCUT2D eigenvalue weighted by molar-refractivity contribution is 14.0. The van der Waals surface area contributed by atoms with E-state index in [4.69, 9.17) is 9.47 Å². The first-order valence-corrected chi connectivity index (χ1v) is 8.31. The van der Waals surface area contributed by atoms with Gasteiger partial charge in [-0.1, -0.05) is 32.0 Å². The molecule has 0 atom stereocenters. The predicted octanol–water partition coefficient (Wildman–Crippen LogP) is 3.25. The van der Waals surface area contributed by atoms with Gasteiger partial charge in [-0.3, -0.25) is 4.99 Å². The van der Waals surface area contributed by atoms with Gasteiger partial charge >= 0.3 is 0 Å². The molecule has 0 radical (unpaired) electrons. The first-order chi connectivity index (χ1) is 11.1. The minimum Gasteiger partial charge on any atom is -0.492 e. The van der Waals surface area contributed by atoms with E-state index in [0.29, 0.717) is 12.5 Å². The van der Waals surface area contributed by atoms with Crippen LogP contribution in [0.3, 0.4) is 0 Å². The zero-order valence-electron chi connectivity index (χ0n) is 15.3. The topological polar surface area (TPSA) is 46.1 Å². The lowest BCUT2D eigenvalue weighted by Crippen LogP contribution is -2.41. The zero-order valence-corrected chi connectivity index (χ0v) is 17.7. The Labute approximate surface area is 163 Å². The Hall–Kier alpha value is -1.02. The highest BCUT2D eigenvalue weighted by Crippen LogP contribution is 2.07. The van der Waals surface area contributed by atoms with Crippen LogP contribution in [0.5, 0.6) is 5.75 Å². The summed E-state index contributed by atoms with van der Waals surface area (Å²) in [5.74, 6) is 2.36. The molecule has 1 aromatic rings. The van der Waals surface area contributed by atoms with E-state index in [1.807, 2.05) is 37.4 Å². The number of hydrogen-bond donors (Lipinski definition) is 1. The smallest absolute Gasteiger partial charge is 0.193 e. The van der Waals surface area contributed by atoms with Crippen LogP contribution < -0.4 is 10.1 Å². The van der Waals surface area contributed by atoms with Crippen molar-refractivity contribution in [3.8, 4) is 5.75 Å². The number of likely N-dealkylation sites (N-methyl/N-ethyl adjacent to an activating group) is 1. The van der Waals surface area contributed by atoms with Gasteiger partial charge in [0.25, 0.3) is 0 Å². The van der Waals surface area contributed by atoms with Gasteiger partial charge in [0.2, 0.25) is 0 Å². The van der Waals surface area contributed by atoms with E-state index in [0.717, 1.165) is 44.4 Å². The van der Waals surface area contributed by atoms with E-state index < -0.39 is 0 Å². The summed E-state index contributed by atoms with van der Waals surface area (Å²) < 4.78 is 11.3. The van der Waals surface area contributed by atoms with Crippen molar-refractivity contribution in [3.05, 3.63) is 30.3 Å². The molecule has 1 N–H and O–H groups in total. The molecule has 0 heterocycles. The lowest BCUT2D eigenvalue weighted by molar-refractivity contribution is 0.108. The molecule has 5 nitrogen and oxygen atoms in total. The van der Waals surface area contributed by atoms with Crippen molar-refractivity contribution in [2.24, 2.45) is 10.9 Å². The summed E-state index contributed by atoms with van der Waals surface area (Å²) in [4.78, 5) is 6.36. The van der Waals surface area contributed by atoms with Crippen LogP contribution in [0.15, 0.2) is 35.3 Å². The third-order valence-electron chi connectivity index (χ3n) is 3.21. The Bertz CT molecular complexity index is 441. The van der Waals surface area contributed by atoms with E-state index in [-0.39, 0.29) is 24.0 Å². The van der Waals surface area contributed by atoms with Crippen molar-refractivity contribution in [1.82, 2.24) is 10.2 Å². The molecule has 0 aliphatic heterocycles. The number of rotatable bonds is 10. The molecule has 0 spiro atoms. The number of nitrogens with one attached hydrogen (secondary N) is 1. The molecule has 6 heteroatoms. The number of nitrogens with zero attached hydrogens (tertiary/aromatic N) is 2. The number of aliphatic imine (C=N–C) groups is 1. The average Bonchev–Trinajstić information content (AvgIpc) is 2.55. The Kier molecular flexibility index (Phi) is 13.7. The molecule has 1 rings (SSSR count). The molecule has 0 amide bonds. The Morgan fingerprint density at radius 2 is 1.92 bits per heavy atom. The lowest BCUT2D eigenvalue weighted by Gasteiger charge is -2.22. The Morgan fingerprint density at radius 1 is 1.21 bits per heavy atom. The van der Waals surface area contributed by atoms with E-state index in [1.54, 1.807) is 7.05 Å². The second-order valence-electron chi connectivity index (χ2n) is 5.88. The number of guanidine groups is 1. The lowest BCUT2D eigenvalue weighted by atomic mass is 10.2. The molecule has 0 unspecified atom stereocenters. The summed E-state index contributed by atoms with van der Waals surface area (Å²) in [6.07, 6.45) is 0.972. The number of ether oxygens (including phenoxy) is 2. The number of hydrogen-bond acceptors (Lipinski definition) is 3. The fourth-order valence-corrected chi connectivity index (χ4v) is 2.00. The van der Waals surface area contributed by atoms with Gasteiger partial charge in [0.05, 0.1) is 6.54 Å². The quantitative estimate of drug-likeness (QED) is 0.258. The molecule has 0 saturated heterocycles. The molecule has 0 aliphatic rings. The van der Waals surface area contributed by atoms with Crippen LogP contribution in [-0.4, -0.2) is 57.9 Å². The maximum atomic E-state index is 5.71. The minimum atomic E-state index is 0. The van der Waals surface area contributed by atoms with Gasteiger partial charge in [0.15, 0.2) is 5.96 Å². The number of halogens is 1. The van der Waals surface area contributed by atoms with Crippen molar-refractivity contribution in [1.29, 1.82) is 0 Å². The normalized spacial score (nSPS) is 11.1. The van der Waals surface area contributed by atoms with Crippen LogP contribution >= 0.6 is 24.0 Å². The molecule has 0 aliphatic carbocycles. The van der Waals surface area contributed by atoms with Crippen molar-refractivity contribution in [2.45, 2.75) is 20.3 Å². The van der Waals surface area contributed by atoms with Gasteiger partial charge in [-0.2, -0.15) is 0 Å². The highest BCUT2D eigenvalue weighted by atomic mass is 127. The van der Waals surface area contributed by atoms with Gasteiger partial charge in [0, 0.05) is 33.9 Å². The molecule has 24 heavy (non-hydrogen) atoms. The van der Waals surface area contributed by atoms with Crippen molar-refractivity contribution >= 4 is 29.9 Å². The van der Waals surface area contributed by atoms with Crippen molar-refractivity contribution < 1.29 is 9.47 Å². The average molecular weight is 449 g/mol. The van der Waals surface area contributed by atoms with Crippen molar-refractivity contribution in [3.63, 3.8) is 0 Å². The first kappa shape index (κ1) is 23.0. The van der Waals surface area contributed by atoms with E-state index in [2.05, 4.69) is 29.1 Å². The fourth-order valence-electron chi connectivity index (χ4n) is 2.00. The summed E-state index contributed by atoms with van der Waals surface area (Å²) in [6, 6.07) is 9.85. The van der Waals surface area contributed by atoms with E-state index >= 15 is 0 Å². The molecule has 0 bridgehead atoms. The van der Waals surface area contributed by atoms with Crippen LogP contribution in [0.1, 0.15) is 20.3 Å². The van der Waals surface area contributed by atoms with Crippen LogP contribution in [0.25, 0.3) is 0 Å². The zero-order chi connectivity index (χ0) is 16.9. The predicted molar refractivity (Wildman–Crippen MR) is 112 cm³/mol. The van der Waals surface area contributed by atoms with Gasteiger partial charge in [-0.05, 0) is 24.5 Å². The summed E-state index contributed by atoms with van der Waals surface area (Å²) >= 11 is 0. The van der Waals surface area contributed by atoms with Gasteiger partial charge < -0.3 is 19.7 Å². The second-order valence-corrected chi connectivity index (χ2v) is 5.88. The number of para-hydroxylation sites is 1. The van der Waals surface area contributed by atoms with E-state index in [9.17, 15) is 0 Å². The second kappa shape index (κ2) is 14.3. The fraction of sp³-hybridized carbons (Fsp3) is 0.611. The Balaban J connectivity index is 0.00000529. The van der Waals surface area contributed by atoms with E-state index in [1.165, 1.54) is 0 Å². The van der Waals surface area contributed by atoms with Crippen molar-refractivity contribution in [2.75, 3.05) is 47.0 Å². The summed E-state index contributed by atoms with van der Waals surface area (Å²) in [5.41, 5.74) is 0. The summed E-state index contributed by atoms with van der Waals surface area (Å²) in [6.45, 7) is 8.18. The highest BCUT2D eigenvalue weighted by Gasteiger charge is 2.05. The van der Waals surface area contributed by atoms with Crippen LogP contribution in [0, 0.1) is 5.92 Å². The Morgan fingerprint density at radius 3 is 2.54 bits per heavy atom. The molecule has 0 saturated carbocycles. The third-order valence-corrected chi connectivity index (χ3v) is 3.21. The maximum absolute atomic E-state index is 5.71. The summed E-state index contributed by atoms with van der Waals surface area (Å²) in [7, 11) is 3.81. The maximum Gasteiger partial charge on any atom is 0.193 e. The SMILES string of the molecule is CN=C(NCCCOCC(C)C)N(C)CCOc1ccccc1.I. The largest absolute Gasteiger partial charge is 0.492 e. The molecule has 1 aromatic carbocycles. The molecule has 138 valence electrons. The molecular weight excluding hydrogens is 417 g/mol. The summed E-state index contributed by atoms with van der Waals surface area (Å²) in [5, 5.41) is 3.35. The standard InChI is InChI=1S/C18H31N3O2.HI/c1-16(2)15-22-13-8-11-20-18(19-3)21(4)12-14-23-17-9-6-5-7-10-17;/h5-7,9-10,16H,8,11-15H2,1-4H3,(H,19,20);1H. The first-order valence-electron chi connectivity index (χ1n) is 8.31.